The van der Waals surface area contributed by atoms with Gasteiger partial charge < -0.3 is 15.5 Å². The summed E-state index contributed by atoms with van der Waals surface area (Å²) >= 11 is 0. The van der Waals surface area contributed by atoms with E-state index in [1.807, 2.05) is 37.3 Å². The van der Waals surface area contributed by atoms with Gasteiger partial charge in [-0.25, -0.2) is 0 Å². The lowest BCUT2D eigenvalue weighted by Crippen LogP contribution is -2.27. The first kappa shape index (κ1) is 13.4. The van der Waals surface area contributed by atoms with Crippen LogP contribution in [0.15, 0.2) is 47.1 Å². The molecule has 0 saturated heterocycles. The van der Waals surface area contributed by atoms with Gasteiger partial charge in [0.1, 0.15) is 5.76 Å². The molecule has 0 unspecified atom stereocenters. The van der Waals surface area contributed by atoms with E-state index in [9.17, 15) is 4.79 Å². The molecule has 0 radical (unpaired) electrons. The highest BCUT2D eigenvalue weighted by Crippen LogP contribution is 2.15. The number of nitrogens with one attached hydrogen (secondary N) is 1. The molecule has 0 fully saturated rings. The van der Waals surface area contributed by atoms with Crippen molar-refractivity contribution in [3.8, 4) is 0 Å². The van der Waals surface area contributed by atoms with E-state index in [-0.39, 0.29) is 11.9 Å². The van der Waals surface area contributed by atoms with Crippen molar-refractivity contribution >= 4 is 5.91 Å². The van der Waals surface area contributed by atoms with E-state index < -0.39 is 0 Å². The number of amides is 1. The molecule has 2 rings (SSSR count). The van der Waals surface area contributed by atoms with Gasteiger partial charge in [-0.05, 0) is 43.7 Å². The molecular weight excluding hydrogens is 240 g/mol. The maximum atomic E-state index is 12.3. The molecule has 1 amide bonds. The van der Waals surface area contributed by atoms with Crippen LogP contribution in [0.25, 0.3) is 0 Å². The summed E-state index contributed by atoms with van der Waals surface area (Å²) in [5, 5.41) is 2.92. The largest absolute Gasteiger partial charge is 0.467 e. The molecule has 1 aromatic carbocycles. The summed E-state index contributed by atoms with van der Waals surface area (Å²) in [4.78, 5) is 12.3. The number of hydrogen-bond donors (Lipinski definition) is 2. The molecule has 0 aliphatic rings. The zero-order chi connectivity index (χ0) is 13.7. The Bertz CT molecular complexity index is 535. The van der Waals surface area contributed by atoms with Crippen LogP contribution in [0.1, 0.15) is 34.6 Å². The summed E-state index contributed by atoms with van der Waals surface area (Å²) in [5.41, 5.74) is 7.20. The topological polar surface area (TPSA) is 68.3 Å². The van der Waals surface area contributed by atoms with Gasteiger partial charge in [-0.2, -0.15) is 0 Å². The highest BCUT2D eigenvalue weighted by molar-refractivity contribution is 5.95. The third kappa shape index (κ3) is 3.23. The third-order valence-electron chi connectivity index (χ3n) is 2.99. The summed E-state index contributed by atoms with van der Waals surface area (Å²) in [6.07, 6.45) is 2.29. The minimum Gasteiger partial charge on any atom is -0.467 e. The van der Waals surface area contributed by atoms with Crippen LogP contribution in [-0.4, -0.2) is 12.5 Å². The smallest absolute Gasteiger partial charge is 0.252 e. The Kier molecular flexibility index (Phi) is 4.36. The van der Waals surface area contributed by atoms with Gasteiger partial charge in [0.05, 0.1) is 12.3 Å². The molecule has 1 aromatic heterocycles. The van der Waals surface area contributed by atoms with Crippen molar-refractivity contribution in [3.05, 3.63) is 59.5 Å². The van der Waals surface area contributed by atoms with Gasteiger partial charge in [0.25, 0.3) is 5.91 Å². The van der Waals surface area contributed by atoms with E-state index in [0.29, 0.717) is 18.5 Å². The molecule has 3 N–H and O–H groups in total. The fraction of sp³-hybridized carbons (Fsp3) is 0.267. The summed E-state index contributed by atoms with van der Waals surface area (Å²) in [7, 11) is 0. The van der Waals surface area contributed by atoms with E-state index in [0.717, 1.165) is 11.3 Å². The maximum Gasteiger partial charge on any atom is 0.252 e. The predicted molar refractivity (Wildman–Crippen MR) is 73.8 cm³/mol. The van der Waals surface area contributed by atoms with Crippen molar-refractivity contribution in [1.29, 1.82) is 0 Å². The third-order valence-corrected chi connectivity index (χ3v) is 2.99. The van der Waals surface area contributed by atoms with Crippen LogP contribution in [0.3, 0.4) is 0 Å². The maximum absolute atomic E-state index is 12.3. The molecule has 0 aliphatic carbocycles. The Hall–Kier alpha value is -2.07. The molecular formula is C15H18N2O2. The SMILES string of the molecule is C[C@H](NC(=O)c1ccccc1CCN)c1ccco1. The number of rotatable bonds is 5. The van der Waals surface area contributed by atoms with Gasteiger partial charge >= 0.3 is 0 Å². The minimum atomic E-state index is -0.159. The number of hydrogen-bond acceptors (Lipinski definition) is 3. The molecule has 4 heteroatoms. The normalized spacial score (nSPS) is 12.1. The quantitative estimate of drug-likeness (QED) is 0.864. The lowest BCUT2D eigenvalue weighted by Gasteiger charge is -2.13. The molecule has 0 bridgehead atoms. The highest BCUT2D eigenvalue weighted by Gasteiger charge is 2.15. The Balaban J connectivity index is 2.11. The van der Waals surface area contributed by atoms with Crippen LogP contribution in [0.4, 0.5) is 0 Å². The Morgan fingerprint density at radius 1 is 1.32 bits per heavy atom. The first-order valence-corrected chi connectivity index (χ1v) is 6.34. The summed E-state index contributed by atoms with van der Waals surface area (Å²) in [5.74, 6) is 0.637. The molecule has 100 valence electrons. The fourth-order valence-corrected chi connectivity index (χ4v) is 2.00. The minimum absolute atomic E-state index is 0.104. The van der Waals surface area contributed by atoms with Crippen molar-refractivity contribution in [2.24, 2.45) is 5.73 Å². The Labute approximate surface area is 112 Å². The highest BCUT2D eigenvalue weighted by atomic mass is 16.3. The molecule has 1 atom stereocenters. The lowest BCUT2D eigenvalue weighted by molar-refractivity contribution is 0.0934. The monoisotopic (exact) mass is 258 g/mol. The standard InChI is InChI=1S/C15H18N2O2/c1-11(14-7-4-10-19-14)17-15(18)13-6-3-2-5-12(13)8-9-16/h2-7,10-11H,8-9,16H2,1H3,(H,17,18)/t11-/m0/s1. The number of furan rings is 1. The second-order valence-corrected chi connectivity index (χ2v) is 4.41. The molecule has 1 heterocycles. The van der Waals surface area contributed by atoms with Crippen molar-refractivity contribution in [1.82, 2.24) is 5.32 Å². The van der Waals surface area contributed by atoms with Gasteiger partial charge in [0.2, 0.25) is 0 Å². The number of carbonyl (C=O) groups is 1. The molecule has 19 heavy (non-hydrogen) atoms. The average Bonchev–Trinajstić information content (AvgIpc) is 2.93. The molecule has 0 aliphatic heterocycles. The Morgan fingerprint density at radius 3 is 2.79 bits per heavy atom. The predicted octanol–water partition coefficient (Wildman–Crippen LogP) is 2.27. The van der Waals surface area contributed by atoms with Crippen LogP contribution >= 0.6 is 0 Å². The van der Waals surface area contributed by atoms with E-state index in [1.54, 1.807) is 12.3 Å². The van der Waals surface area contributed by atoms with Gasteiger partial charge in [0.15, 0.2) is 0 Å². The van der Waals surface area contributed by atoms with Crippen LogP contribution in [0.2, 0.25) is 0 Å². The summed E-state index contributed by atoms with van der Waals surface area (Å²) in [6.45, 7) is 2.42. The number of nitrogens with two attached hydrogens (primary N) is 1. The Morgan fingerprint density at radius 2 is 2.11 bits per heavy atom. The second kappa shape index (κ2) is 6.20. The van der Waals surface area contributed by atoms with Crippen molar-refractivity contribution in [2.45, 2.75) is 19.4 Å². The number of carbonyl (C=O) groups excluding carboxylic acids is 1. The van der Waals surface area contributed by atoms with Gasteiger partial charge in [0, 0.05) is 5.56 Å². The number of benzene rings is 1. The summed E-state index contributed by atoms with van der Waals surface area (Å²) < 4.78 is 5.28. The second-order valence-electron chi connectivity index (χ2n) is 4.41. The van der Waals surface area contributed by atoms with Crippen molar-refractivity contribution < 1.29 is 9.21 Å². The molecule has 4 nitrogen and oxygen atoms in total. The average molecular weight is 258 g/mol. The summed E-state index contributed by atoms with van der Waals surface area (Å²) in [6, 6.07) is 11.0. The van der Waals surface area contributed by atoms with Gasteiger partial charge in [-0.3, -0.25) is 4.79 Å². The van der Waals surface area contributed by atoms with Crippen molar-refractivity contribution in [3.63, 3.8) is 0 Å². The van der Waals surface area contributed by atoms with E-state index in [1.165, 1.54) is 0 Å². The first-order valence-electron chi connectivity index (χ1n) is 6.34. The van der Waals surface area contributed by atoms with Crippen LogP contribution in [0.5, 0.6) is 0 Å². The van der Waals surface area contributed by atoms with Gasteiger partial charge in [-0.15, -0.1) is 0 Å². The zero-order valence-corrected chi connectivity index (χ0v) is 10.9. The van der Waals surface area contributed by atoms with E-state index >= 15 is 0 Å². The van der Waals surface area contributed by atoms with Crippen LogP contribution in [-0.2, 0) is 6.42 Å². The zero-order valence-electron chi connectivity index (χ0n) is 10.9. The van der Waals surface area contributed by atoms with Crippen LogP contribution in [0, 0.1) is 0 Å². The van der Waals surface area contributed by atoms with Crippen molar-refractivity contribution in [2.75, 3.05) is 6.54 Å². The molecule has 2 aromatic rings. The molecule has 0 spiro atoms. The van der Waals surface area contributed by atoms with E-state index in [4.69, 9.17) is 10.2 Å². The first-order chi connectivity index (χ1) is 9.22. The van der Waals surface area contributed by atoms with Crippen LogP contribution < -0.4 is 11.1 Å². The van der Waals surface area contributed by atoms with Gasteiger partial charge in [-0.1, -0.05) is 18.2 Å². The van der Waals surface area contributed by atoms with E-state index in [2.05, 4.69) is 5.32 Å². The lowest BCUT2D eigenvalue weighted by atomic mass is 10.0. The molecule has 0 saturated carbocycles. The fourth-order valence-electron chi connectivity index (χ4n) is 2.00.